The zero-order chi connectivity index (χ0) is 15.8. The monoisotopic (exact) mass is 304 g/mol. The van der Waals surface area contributed by atoms with Gasteiger partial charge in [-0.25, -0.2) is 0 Å². The summed E-state index contributed by atoms with van der Waals surface area (Å²) >= 11 is 0. The van der Waals surface area contributed by atoms with E-state index in [4.69, 9.17) is 4.74 Å². The van der Waals surface area contributed by atoms with Crippen molar-refractivity contribution in [3.63, 3.8) is 0 Å². The summed E-state index contributed by atoms with van der Waals surface area (Å²) < 4.78 is 33.9. The molecule has 2 aromatic carbocycles. The fourth-order valence-electron chi connectivity index (χ4n) is 1.85. The molecule has 2 aromatic rings. The van der Waals surface area contributed by atoms with Crippen LogP contribution in [0.1, 0.15) is 24.5 Å². The zero-order valence-electron chi connectivity index (χ0n) is 12.3. The van der Waals surface area contributed by atoms with Crippen LogP contribution in [0.25, 0.3) is 12.2 Å². The van der Waals surface area contributed by atoms with E-state index < -0.39 is 6.61 Å². The highest BCUT2D eigenvalue weighted by Crippen LogP contribution is 2.18. The maximum absolute atomic E-state index is 12.1. The summed E-state index contributed by atoms with van der Waals surface area (Å²) in [5, 5.41) is 0. The lowest BCUT2D eigenvalue weighted by Gasteiger charge is -2.04. The van der Waals surface area contributed by atoms with E-state index in [1.807, 2.05) is 36.4 Å². The molecule has 4 heteroatoms. The van der Waals surface area contributed by atoms with Gasteiger partial charge < -0.3 is 9.47 Å². The molecule has 0 saturated carbocycles. The third-order valence-electron chi connectivity index (χ3n) is 2.93. The molecule has 0 heterocycles. The summed E-state index contributed by atoms with van der Waals surface area (Å²) in [5.41, 5.74) is 1.95. The van der Waals surface area contributed by atoms with Gasteiger partial charge in [0, 0.05) is 0 Å². The fourth-order valence-corrected chi connectivity index (χ4v) is 1.85. The highest BCUT2D eigenvalue weighted by Gasteiger charge is 2.02. The number of alkyl halides is 2. The molecule has 0 atom stereocenters. The maximum Gasteiger partial charge on any atom is 0.387 e. The van der Waals surface area contributed by atoms with Gasteiger partial charge in [0.1, 0.15) is 11.5 Å². The van der Waals surface area contributed by atoms with Crippen LogP contribution in [0.5, 0.6) is 11.5 Å². The summed E-state index contributed by atoms with van der Waals surface area (Å²) in [4.78, 5) is 0. The van der Waals surface area contributed by atoms with Crippen LogP contribution in [-0.2, 0) is 0 Å². The molecule has 0 aliphatic rings. The zero-order valence-corrected chi connectivity index (χ0v) is 12.3. The van der Waals surface area contributed by atoms with Gasteiger partial charge in [0.25, 0.3) is 0 Å². The maximum atomic E-state index is 12.1. The molecule has 0 aromatic heterocycles. The van der Waals surface area contributed by atoms with Crippen molar-refractivity contribution in [2.24, 2.45) is 0 Å². The molecule has 2 rings (SSSR count). The average molecular weight is 304 g/mol. The normalized spacial score (nSPS) is 11.1. The first kappa shape index (κ1) is 16.0. The van der Waals surface area contributed by atoms with Gasteiger partial charge in [0.15, 0.2) is 0 Å². The second-order valence-electron chi connectivity index (χ2n) is 4.70. The topological polar surface area (TPSA) is 18.5 Å². The smallest absolute Gasteiger partial charge is 0.387 e. The Hall–Kier alpha value is -2.36. The van der Waals surface area contributed by atoms with Crippen molar-refractivity contribution in [3.8, 4) is 11.5 Å². The van der Waals surface area contributed by atoms with Crippen LogP contribution < -0.4 is 9.47 Å². The van der Waals surface area contributed by atoms with Crippen molar-refractivity contribution < 1.29 is 18.3 Å². The molecule has 0 fully saturated rings. The van der Waals surface area contributed by atoms with Crippen LogP contribution >= 0.6 is 0 Å². The minimum absolute atomic E-state index is 0.157. The van der Waals surface area contributed by atoms with Crippen molar-refractivity contribution in [1.29, 1.82) is 0 Å². The molecular formula is C18H18F2O2. The van der Waals surface area contributed by atoms with Crippen molar-refractivity contribution in [1.82, 2.24) is 0 Å². The lowest BCUT2D eigenvalue weighted by atomic mass is 10.1. The van der Waals surface area contributed by atoms with Crippen LogP contribution in [0.2, 0.25) is 0 Å². The Bertz CT molecular complexity index is 589. The van der Waals surface area contributed by atoms with Gasteiger partial charge in [-0.3, -0.25) is 0 Å². The van der Waals surface area contributed by atoms with Gasteiger partial charge in [-0.1, -0.05) is 43.3 Å². The van der Waals surface area contributed by atoms with Gasteiger partial charge in [0.2, 0.25) is 0 Å². The lowest BCUT2D eigenvalue weighted by molar-refractivity contribution is -0.0498. The number of hydrogen-bond donors (Lipinski definition) is 0. The van der Waals surface area contributed by atoms with E-state index in [1.54, 1.807) is 12.1 Å². The summed E-state index contributed by atoms with van der Waals surface area (Å²) in [7, 11) is 0. The molecule has 0 bridgehead atoms. The Balaban J connectivity index is 1.96. The van der Waals surface area contributed by atoms with Crippen molar-refractivity contribution >= 4 is 12.2 Å². The predicted octanol–water partition coefficient (Wildman–Crippen LogP) is 5.25. The van der Waals surface area contributed by atoms with Crippen molar-refractivity contribution in [2.45, 2.75) is 20.0 Å². The number of rotatable bonds is 7. The highest BCUT2D eigenvalue weighted by molar-refractivity contribution is 5.70. The number of ether oxygens (including phenoxy) is 2. The van der Waals surface area contributed by atoms with Gasteiger partial charge in [-0.15, -0.1) is 0 Å². The first-order chi connectivity index (χ1) is 10.7. The minimum Gasteiger partial charge on any atom is -0.494 e. The number of hydrogen-bond acceptors (Lipinski definition) is 2. The molecule has 0 aliphatic carbocycles. The molecule has 0 N–H and O–H groups in total. The Morgan fingerprint density at radius 2 is 1.36 bits per heavy atom. The quantitative estimate of drug-likeness (QED) is 0.651. The highest BCUT2D eigenvalue weighted by atomic mass is 19.3. The van der Waals surface area contributed by atoms with Crippen LogP contribution in [0.4, 0.5) is 8.78 Å². The third-order valence-corrected chi connectivity index (χ3v) is 2.93. The third kappa shape index (κ3) is 5.20. The Morgan fingerprint density at radius 3 is 1.82 bits per heavy atom. The fraction of sp³-hybridized carbons (Fsp3) is 0.222. The van der Waals surface area contributed by atoms with Crippen LogP contribution in [0.15, 0.2) is 48.5 Å². The first-order valence-electron chi connectivity index (χ1n) is 7.13. The SMILES string of the molecule is CCCOc1ccc(C=Cc2ccc(OC(F)F)cc2)cc1. The van der Waals surface area contributed by atoms with Crippen LogP contribution in [0, 0.1) is 0 Å². The van der Waals surface area contributed by atoms with Crippen molar-refractivity contribution in [3.05, 3.63) is 59.7 Å². The van der Waals surface area contributed by atoms with Crippen LogP contribution in [0.3, 0.4) is 0 Å². The Labute approximate surface area is 129 Å². The van der Waals surface area contributed by atoms with E-state index in [0.717, 1.165) is 23.3 Å². The molecule has 0 aliphatic heterocycles. The van der Waals surface area contributed by atoms with Gasteiger partial charge in [0.05, 0.1) is 6.61 Å². The van der Waals surface area contributed by atoms with Crippen molar-refractivity contribution in [2.75, 3.05) is 6.61 Å². The molecule has 0 spiro atoms. The Morgan fingerprint density at radius 1 is 0.864 bits per heavy atom. The Kier molecular flexibility index (Phi) is 5.95. The second kappa shape index (κ2) is 8.17. The summed E-state index contributed by atoms with van der Waals surface area (Å²) in [6.45, 7) is -0.0217. The summed E-state index contributed by atoms with van der Waals surface area (Å²) in [6, 6.07) is 14.3. The average Bonchev–Trinajstić information content (AvgIpc) is 2.53. The molecule has 116 valence electrons. The molecule has 0 saturated heterocycles. The number of benzene rings is 2. The standard InChI is InChI=1S/C18H18F2O2/c1-2-13-21-16-9-5-14(6-10-16)3-4-15-7-11-17(12-8-15)22-18(19)20/h3-12,18H,2,13H2,1H3. The molecular weight excluding hydrogens is 286 g/mol. The molecule has 22 heavy (non-hydrogen) atoms. The molecule has 0 radical (unpaired) electrons. The van der Waals surface area contributed by atoms with Gasteiger partial charge >= 0.3 is 6.61 Å². The first-order valence-corrected chi connectivity index (χ1v) is 7.13. The molecule has 0 amide bonds. The van der Waals surface area contributed by atoms with E-state index in [-0.39, 0.29) is 5.75 Å². The van der Waals surface area contributed by atoms with Crippen LogP contribution in [-0.4, -0.2) is 13.2 Å². The van der Waals surface area contributed by atoms with E-state index in [9.17, 15) is 8.78 Å². The summed E-state index contributed by atoms with van der Waals surface area (Å²) in [6.07, 6.45) is 4.84. The number of halogens is 2. The molecule has 0 unspecified atom stereocenters. The van der Waals surface area contributed by atoms with Gasteiger partial charge in [-0.05, 0) is 41.8 Å². The van der Waals surface area contributed by atoms with Gasteiger partial charge in [-0.2, -0.15) is 8.78 Å². The predicted molar refractivity (Wildman–Crippen MR) is 84.2 cm³/mol. The molecule has 2 nitrogen and oxygen atoms in total. The second-order valence-corrected chi connectivity index (χ2v) is 4.70. The van der Waals surface area contributed by atoms with E-state index in [2.05, 4.69) is 11.7 Å². The minimum atomic E-state index is -2.80. The summed E-state index contributed by atoms with van der Waals surface area (Å²) in [5.74, 6) is 1.01. The lowest BCUT2D eigenvalue weighted by Crippen LogP contribution is -2.01. The van der Waals surface area contributed by atoms with E-state index >= 15 is 0 Å². The largest absolute Gasteiger partial charge is 0.494 e. The van der Waals surface area contributed by atoms with E-state index in [1.165, 1.54) is 12.1 Å². The van der Waals surface area contributed by atoms with E-state index in [0.29, 0.717) is 6.61 Å².